The third-order valence-corrected chi connectivity index (χ3v) is 4.08. The summed E-state index contributed by atoms with van der Waals surface area (Å²) in [4.78, 5) is 25.5. The molecule has 142 valence electrons. The second-order valence-corrected chi connectivity index (χ2v) is 5.91. The molecule has 28 heavy (non-hydrogen) atoms. The lowest BCUT2D eigenvalue weighted by Gasteiger charge is -2.09. The average molecular weight is 379 g/mol. The minimum absolute atomic E-state index is 0.0535. The van der Waals surface area contributed by atoms with Gasteiger partial charge in [0.25, 0.3) is 11.4 Å². The number of nitrogens with zero attached hydrogens (tertiary/aromatic N) is 3. The summed E-state index contributed by atoms with van der Waals surface area (Å²) < 4.78 is 0. The molecule has 0 radical (unpaired) electrons. The van der Waals surface area contributed by atoms with Gasteiger partial charge in [0.1, 0.15) is 5.82 Å². The smallest absolute Gasteiger partial charge is 0.274 e. The molecular weight excluding hydrogens is 362 g/mol. The van der Waals surface area contributed by atoms with Gasteiger partial charge >= 0.3 is 0 Å². The summed E-state index contributed by atoms with van der Waals surface area (Å²) in [6, 6.07) is 16.6. The first-order chi connectivity index (χ1) is 13.5. The van der Waals surface area contributed by atoms with Gasteiger partial charge in [0.2, 0.25) is 0 Å². The largest absolute Gasteiger partial charge is 0.379 e. The molecule has 0 spiro atoms. The fourth-order valence-electron chi connectivity index (χ4n) is 2.66. The Labute approximate surface area is 160 Å². The summed E-state index contributed by atoms with van der Waals surface area (Å²) in [6.45, 7) is 0.564. The molecule has 0 bridgehead atoms. The van der Waals surface area contributed by atoms with Crippen LogP contribution >= 0.6 is 0 Å². The highest BCUT2D eigenvalue weighted by Gasteiger charge is 2.13. The molecule has 0 aliphatic carbocycles. The molecule has 2 N–H and O–H groups in total. The van der Waals surface area contributed by atoms with Crippen LogP contribution in [-0.4, -0.2) is 14.8 Å². The zero-order chi connectivity index (χ0) is 19.9. The Morgan fingerprint density at radius 3 is 1.79 bits per heavy atom. The van der Waals surface area contributed by atoms with Crippen molar-refractivity contribution in [2.75, 3.05) is 10.6 Å². The van der Waals surface area contributed by atoms with Crippen LogP contribution in [-0.2, 0) is 13.1 Å². The summed E-state index contributed by atoms with van der Waals surface area (Å²) >= 11 is 0. The van der Waals surface area contributed by atoms with E-state index in [4.69, 9.17) is 0 Å². The highest BCUT2D eigenvalue weighted by atomic mass is 16.6. The molecule has 1 heterocycles. The van der Waals surface area contributed by atoms with Gasteiger partial charge in [-0.15, -0.1) is 0 Å². The van der Waals surface area contributed by atoms with Crippen LogP contribution in [0.4, 0.5) is 22.9 Å². The normalized spacial score (nSPS) is 10.3. The van der Waals surface area contributed by atoms with Crippen LogP contribution in [0.15, 0.2) is 66.9 Å². The molecule has 3 aromatic rings. The van der Waals surface area contributed by atoms with E-state index in [0.29, 0.717) is 29.2 Å². The highest BCUT2D eigenvalue weighted by molar-refractivity contribution is 5.50. The summed E-state index contributed by atoms with van der Waals surface area (Å²) in [6.07, 6.45) is 1.59. The Morgan fingerprint density at radius 2 is 1.29 bits per heavy atom. The lowest BCUT2D eigenvalue weighted by molar-refractivity contribution is -0.385. The van der Waals surface area contributed by atoms with Gasteiger partial charge in [-0.2, -0.15) is 0 Å². The Balaban J connectivity index is 1.60. The SMILES string of the molecule is O=[N+]([O-])c1ccccc1CNc1ccc(NCc2ccccc2[N+](=O)[O-])nc1. The van der Waals surface area contributed by atoms with Crippen LogP contribution in [0, 0.1) is 20.2 Å². The van der Waals surface area contributed by atoms with Gasteiger partial charge in [-0.25, -0.2) is 4.98 Å². The summed E-state index contributed by atoms with van der Waals surface area (Å²) in [5.74, 6) is 0.564. The van der Waals surface area contributed by atoms with Crippen molar-refractivity contribution in [1.82, 2.24) is 4.98 Å². The van der Waals surface area contributed by atoms with E-state index in [1.165, 1.54) is 12.1 Å². The van der Waals surface area contributed by atoms with Gasteiger partial charge in [0.05, 0.1) is 21.7 Å². The van der Waals surface area contributed by atoms with Gasteiger partial charge in [-0.1, -0.05) is 36.4 Å². The number of nitrogens with one attached hydrogen (secondary N) is 2. The maximum Gasteiger partial charge on any atom is 0.274 e. The topological polar surface area (TPSA) is 123 Å². The average Bonchev–Trinajstić information content (AvgIpc) is 2.71. The molecule has 0 aliphatic rings. The van der Waals surface area contributed by atoms with Crippen molar-refractivity contribution in [2.24, 2.45) is 0 Å². The van der Waals surface area contributed by atoms with E-state index in [1.54, 1.807) is 54.7 Å². The Bertz CT molecular complexity index is 911. The number of rotatable bonds is 8. The zero-order valence-corrected chi connectivity index (χ0v) is 14.7. The van der Waals surface area contributed by atoms with E-state index in [1.807, 2.05) is 0 Å². The van der Waals surface area contributed by atoms with E-state index in [2.05, 4.69) is 15.6 Å². The molecule has 0 saturated heterocycles. The molecular formula is C19H17N5O4. The number of anilines is 2. The predicted molar refractivity (Wildman–Crippen MR) is 105 cm³/mol. The molecule has 0 atom stereocenters. The number of nitro groups is 2. The molecule has 0 saturated carbocycles. The minimum Gasteiger partial charge on any atom is -0.379 e. The second-order valence-electron chi connectivity index (χ2n) is 5.91. The van der Waals surface area contributed by atoms with Crippen molar-refractivity contribution in [3.05, 3.63) is 98.2 Å². The van der Waals surface area contributed by atoms with Gasteiger partial charge in [0.15, 0.2) is 0 Å². The maximum atomic E-state index is 11.0. The van der Waals surface area contributed by atoms with Crippen molar-refractivity contribution in [3.63, 3.8) is 0 Å². The first-order valence-electron chi connectivity index (χ1n) is 8.43. The third kappa shape index (κ3) is 4.58. The fourth-order valence-corrected chi connectivity index (χ4v) is 2.66. The van der Waals surface area contributed by atoms with Crippen molar-refractivity contribution < 1.29 is 9.85 Å². The first kappa shape index (κ1) is 18.8. The van der Waals surface area contributed by atoms with Crippen LogP contribution in [0.1, 0.15) is 11.1 Å². The Kier molecular flexibility index (Phi) is 5.75. The number of para-hydroxylation sites is 2. The minimum atomic E-state index is -0.416. The molecule has 2 aromatic carbocycles. The number of hydrogen-bond donors (Lipinski definition) is 2. The van der Waals surface area contributed by atoms with Crippen LogP contribution in [0.5, 0.6) is 0 Å². The Hall–Kier alpha value is -4.01. The lowest BCUT2D eigenvalue weighted by atomic mass is 10.2. The molecule has 0 amide bonds. The number of hydrogen-bond acceptors (Lipinski definition) is 7. The molecule has 9 heteroatoms. The second kappa shape index (κ2) is 8.58. The van der Waals surface area contributed by atoms with E-state index >= 15 is 0 Å². The van der Waals surface area contributed by atoms with E-state index in [9.17, 15) is 20.2 Å². The maximum absolute atomic E-state index is 11.0. The van der Waals surface area contributed by atoms with E-state index in [0.717, 1.165) is 0 Å². The highest BCUT2D eigenvalue weighted by Crippen LogP contribution is 2.21. The van der Waals surface area contributed by atoms with Crippen LogP contribution in [0.2, 0.25) is 0 Å². The van der Waals surface area contributed by atoms with Crippen LogP contribution < -0.4 is 10.6 Å². The molecule has 3 rings (SSSR count). The standard InChI is InChI=1S/C19H17N5O4/c25-23(26)17-7-3-1-5-14(17)11-20-16-9-10-19(22-13-16)21-12-15-6-2-4-8-18(15)24(27)28/h1-10,13,20H,11-12H2,(H,21,22). The van der Waals surface area contributed by atoms with Crippen molar-refractivity contribution in [2.45, 2.75) is 13.1 Å². The quantitative estimate of drug-likeness (QED) is 0.445. The van der Waals surface area contributed by atoms with Crippen molar-refractivity contribution in [3.8, 4) is 0 Å². The van der Waals surface area contributed by atoms with Crippen LogP contribution in [0.25, 0.3) is 0 Å². The van der Waals surface area contributed by atoms with Crippen LogP contribution in [0.3, 0.4) is 0 Å². The van der Waals surface area contributed by atoms with E-state index < -0.39 is 9.85 Å². The monoisotopic (exact) mass is 379 g/mol. The van der Waals surface area contributed by atoms with Gasteiger partial charge in [-0.05, 0) is 12.1 Å². The number of aromatic nitrogens is 1. The van der Waals surface area contributed by atoms with Crippen molar-refractivity contribution in [1.29, 1.82) is 0 Å². The molecule has 9 nitrogen and oxygen atoms in total. The van der Waals surface area contributed by atoms with Gasteiger partial charge in [-0.3, -0.25) is 20.2 Å². The lowest BCUT2D eigenvalue weighted by Crippen LogP contribution is -2.05. The summed E-state index contributed by atoms with van der Waals surface area (Å²) in [5, 5.41) is 28.2. The Morgan fingerprint density at radius 1 is 0.750 bits per heavy atom. The van der Waals surface area contributed by atoms with Gasteiger partial charge in [0, 0.05) is 36.3 Å². The third-order valence-electron chi connectivity index (χ3n) is 4.08. The zero-order valence-electron chi connectivity index (χ0n) is 14.7. The number of pyridine rings is 1. The molecule has 0 fully saturated rings. The molecule has 0 unspecified atom stereocenters. The summed E-state index contributed by atoms with van der Waals surface area (Å²) in [5.41, 5.74) is 1.96. The molecule has 1 aromatic heterocycles. The molecule has 0 aliphatic heterocycles. The number of benzene rings is 2. The first-order valence-corrected chi connectivity index (χ1v) is 8.43. The van der Waals surface area contributed by atoms with E-state index in [-0.39, 0.29) is 17.9 Å². The predicted octanol–water partition coefficient (Wildman–Crippen LogP) is 4.12. The van der Waals surface area contributed by atoms with Gasteiger partial charge < -0.3 is 10.6 Å². The fraction of sp³-hybridized carbons (Fsp3) is 0.105. The van der Waals surface area contributed by atoms with Crippen molar-refractivity contribution >= 4 is 22.9 Å². The summed E-state index contributed by atoms with van der Waals surface area (Å²) in [7, 11) is 0. The number of nitro benzene ring substituents is 2.